The van der Waals surface area contributed by atoms with Crippen molar-refractivity contribution in [2.75, 3.05) is 0 Å². The summed E-state index contributed by atoms with van der Waals surface area (Å²) in [5, 5.41) is 37.1. The van der Waals surface area contributed by atoms with Crippen molar-refractivity contribution in [3.63, 3.8) is 0 Å². The molecule has 0 spiro atoms. The quantitative estimate of drug-likeness (QED) is 0.202. The molecule has 1 aromatic rings. The number of hydrogen-bond donors (Lipinski definition) is 3. The van der Waals surface area contributed by atoms with Crippen molar-refractivity contribution in [2.45, 2.75) is 122 Å². The summed E-state index contributed by atoms with van der Waals surface area (Å²) in [6.07, 6.45) is 6.96. The standard InChI is InChI=1S/C38H50O8/c1-23(2)25(4)20-33(41)46-31-22-30-34(6)16-15-29(45-32(40)13-12-27-10-8-24(3)9-11-27)21-28(34)14-17-37(30,43)38(44)19-18-36(42,26(5)39)35(31,38)7/h8-14,20,23,29-31,42-44H,15-19,21-22H2,1-7H3/b13-12+,25-20+/t29-,30+,31+,34-,35+,36+,37-,38+/m0/s1. The third-order valence-corrected chi connectivity index (χ3v) is 12.4. The van der Waals surface area contributed by atoms with Gasteiger partial charge in [0.1, 0.15) is 29.0 Å². The minimum absolute atomic E-state index is 0.0195. The van der Waals surface area contributed by atoms with Crippen molar-refractivity contribution < 1.29 is 39.2 Å². The Hall–Kier alpha value is -3.07. The predicted molar refractivity (Wildman–Crippen MR) is 174 cm³/mol. The van der Waals surface area contributed by atoms with Crippen LogP contribution in [0.2, 0.25) is 0 Å². The van der Waals surface area contributed by atoms with E-state index in [0.29, 0.717) is 19.3 Å². The first-order valence-electron chi connectivity index (χ1n) is 16.6. The molecule has 0 amide bonds. The van der Waals surface area contributed by atoms with Gasteiger partial charge < -0.3 is 24.8 Å². The maximum absolute atomic E-state index is 13.3. The highest BCUT2D eigenvalue weighted by Crippen LogP contribution is 2.71. The highest BCUT2D eigenvalue weighted by molar-refractivity contribution is 5.88. The van der Waals surface area contributed by atoms with E-state index in [1.165, 1.54) is 19.1 Å². The fourth-order valence-corrected chi connectivity index (χ4v) is 9.03. The van der Waals surface area contributed by atoms with E-state index in [2.05, 4.69) is 6.92 Å². The molecule has 0 radical (unpaired) electrons. The van der Waals surface area contributed by atoms with Crippen LogP contribution in [0.25, 0.3) is 6.08 Å². The number of fused-ring (bicyclic) bond motifs is 5. The molecule has 1 aromatic carbocycles. The van der Waals surface area contributed by atoms with Crippen molar-refractivity contribution in [2.24, 2.45) is 22.7 Å². The topological polar surface area (TPSA) is 130 Å². The summed E-state index contributed by atoms with van der Waals surface area (Å²) in [5.74, 6) is -1.98. The first kappa shape index (κ1) is 34.3. The minimum Gasteiger partial charge on any atom is -0.459 e. The highest BCUT2D eigenvalue weighted by Gasteiger charge is 2.81. The van der Waals surface area contributed by atoms with Crippen LogP contribution in [0.4, 0.5) is 0 Å². The zero-order chi connectivity index (χ0) is 33.9. The van der Waals surface area contributed by atoms with Gasteiger partial charge in [-0.1, -0.05) is 67.8 Å². The molecular weight excluding hydrogens is 584 g/mol. The second kappa shape index (κ2) is 11.9. The van der Waals surface area contributed by atoms with E-state index in [1.54, 1.807) is 13.0 Å². The number of esters is 2. The largest absolute Gasteiger partial charge is 0.459 e. The Labute approximate surface area is 272 Å². The summed E-state index contributed by atoms with van der Waals surface area (Å²) in [6.45, 7) is 12.7. The Bertz CT molecular complexity index is 1490. The summed E-state index contributed by atoms with van der Waals surface area (Å²) >= 11 is 0. The third-order valence-electron chi connectivity index (χ3n) is 12.4. The fourth-order valence-electron chi connectivity index (χ4n) is 9.03. The van der Waals surface area contributed by atoms with E-state index in [1.807, 2.05) is 58.0 Å². The number of carbonyl (C=O) groups is 3. The lowest BCUT2D eigenvalue weighted by molar-refractivity contribution is -0.314. The van der Waals surface area contributed by atoms with E-state index >= 15 is 0 Å². The number of Topliss-reactive ketones (excluding diaryl/α,β-unsaturated/α-hetero) is 1. The van der Waals surface area contributed by atoms with Crippen molar-refractivity contribution in [3.8, 4) is 0 Å². The Kier molecular flexibility index (Phi) is 8.84. The molecule has 8 nitrogen and oxygen atoms in total. The van der Waals surface area contributed by atoms with Gasteiger partial charge >= 0.3 is 11.9 Å². The van der Waals surface area contributed by atoms with Crippen LogP contribution in [0, 0.1) is 29.6 Å². The molecule has 0 saturated heterocycles. The summed E-state index contributed by atoms with van der Waals surface area (Å²) in [5.41, 5.74) is -3.95. The van der Waals surface area contributed by atoms with Crippen LogP contribution in [-0.2, 0) is 23.9 Å². The van der Waals surface area contributed by atoms with Gasteiger partial charge in [-0.25, -0.2) is 9.59 Å². The number of hydrogen-bond acceptors (Lipinski definition) is 8. The summed E-state index contributed by atoms with van der Waals surface area (Å²) in [6, 6.07) is 7.84. The van der Waals surface area contributed by atoms with Gasteiger partial charge in [-0.2, -0.15) is 0 Å². The number of rotatable bonds is 7. The van der Waals surface area contributed by atoms with Crippen LogP contribution in [-0.4, -0.2) is 62.1 Å². The number of aryl methyl sites for hydroxylation is 1. The number of aliphatic hydroxyl groups is 3. The molecule has 0 aliphatic heterocycles. The molecule has 4 aliphatic rings. The average Bonchev–Trinajstić information content (AvgIpc) is 3.22. The Morgan fingerprint density at radius 1 is 0.957 bits per heavy atom. The maximum Gasteiger partial charge on any atom is 0.331 e. The number of ketones is 1. The molecule has 46 heavy (non-hydrogen) atoms. The summed E-state index contributed by atoms with van der Waals surface area (Å²) in [4.78, 5) is 39.1. The third kappa shape index (κ3) is 5.21. The van der Waals surface area contributed by atoms with Crippen molar-refractivity contribution in [1.29, 1.82) is 0 Å². The van der Waals surface area contributed by atoms with Gasteiger partial charge in [0.2, 0.25) is 0 Å². The average molecular weight is 635 g/mol. The molecule has 3 N–H and O–H groups in total. The molecule has 250 valence electrons. The normalized spacial score (nSPS) is 38.9. The molecule has 3 saturated carbocycles. The number of benzene rings is 1. The summed E-state index contributed by atoms with van der Waals surface area (Å²) in [7, 11) is 0. The second-order valence-corrected chi connectivity index (χ2v) is 15.1. The molecule has 8 atom stereocenters. The first-order valence-corrected chi connectivity index (χ1v) is 16.6. The van der Waals surface area contributed by atoms with Crippen molar-refractivity contribution in [3.05, 3.63) is 64.8 Å². The van der Waals surface area contributed by atoms with Crippen LogP contribution < -0.4 is 0 Å². The van der Waals surface area contributed by atoms with Gasteiger partial charge in [-0.3, -0.25) is 4.79 Å². The highest BCUT2D eigenvalue weighted by atomic mass is 16.6. The summed E-state index contributed by atoms with van der Waals surface area (Å²) < 4.78 is 12.0. The zero-order valence-electron chi connectivity index (χ0n) is 28.3. The zero-order valence-corrected chi connectivity index (χ0v) is 28.3. The molecule has 0 heterocycles. The Morgan fingerprint density at radius 2 is 1.63 bits per heavy atom. The smallest absolute Gasteiger partial charge is 0.331 e. The van der Waals surface area contributed by atoms with Gasteiger partial charge in [-0.05, 0) is 89.2 Å². The molecule has 0 bridgehead atoms. The van der Waals surface area contributed by atoms with Crippen molar-refractivity contribution >= 4 is 23.8 Å². The molecule has 8 heteroatoms. The van der Waals surface area contributed by atoms with Crippen LogP contribution in [0.3, 0.4) is 0 Å². The molecule has 0 unspecified atom stereocenters. The molecule has 0 aromatic heterocycles. The Morgan fingerprint density at radius 3 is 2.26 bits per heavy atom. The van der Waals surface area contributed by atoms with E-state index in [4.69, 9.17) is 9.47 Å². The van der Waals surface area contributed by atoms with Gasteiger partial charge in [0.25, 0.3) is 0 Å². The van der Waals surface area contributed by atoms with Gasteiger partial charge in [0.15, 0.2) is 5.78 Å². The number of ether oxygens (including phenoxy) is 2. The Balaban J connectivity index is 1.44. The van der Waals surface area contributed by atoms with E-state index in [9.17, 15) is 29.7 Å². The lowest BCUT2D eigenvalue weighted by atomic mass is 9.42. The molecular formula is C38H50O8. The van der Waals surface area contributed by atoms with Crippen LogP contribution in [0.5, 0.6) is 0 Å². The lowest BCUT2D eigenvalue weighted by Crippen LogP contribution is -2.78. The minimum atomic E-state index is -1.99. The number of carbonyl (C=O) groups excluding carboxylic acids is 3. The van der Waals surface area contributed by atoms with E-state index in [0.717, 1.165) is 22.3 Å². The lowest BCUT2D eigenvalue weighted by Gasteiger charge is -2.67. The van der Waals surface area contributed by atoms with E-state index in [-0.39, 0.29) is 37.7 Å². The van der Waals surface area contributed by atoms with E-state index < -0.39 is 57.4 Å². The molecule has 3 fully saturated rings. The second-order valence-electron chi connectivity index (χ2n) is 15.1. The van der Waals surface area contributed by atoms with Gasteiger partial charge in [0.05, 0.1) is 5.41 Å². The molecule has 4 aliphatic carbocycles. The van der Waals surface area contributed by atoms with Crippen LogP contribution >= 0.6 is 0 Å². The maximum atomic E-state index is 13.3. The van der Waals surface area contributed by atoms with Gasteiger partial charge in [-0.15, -0.1) is 0 Å². The monoisotopic (exact) mass is 634 g/mol. The number of allylic oxidation sites excluding steroid dienone is 1. The SMILES string of the molecule is CC(=O)[C@]1(O)CC[C@@]2(O)[C@]1(C)[C@H](OC(=O)/C=C(\C)C(C)C)C[C@@H]1[C@@]3(C)CC[C@H](OC(=O)/C=C/c4ccc(C)cc4)CC3=CC[C@]12O. The van der Waals surface area contributed by atoms with Crippen molar-refractivity contribution in [1.82, 2.24) is 0 Å². The first-order chi connectivity index (χ1) is 21.4. The fraction of sp³-hybridized carbons (Fsp3) is 0.605. The van der Waals surface area contributed by atoms with Crippen LogP contribution in [0.15, 0.2) is 53.6 Å². The predicted octanol–water partition coefficient (Wildman–Crippen LogP) is 5.56. The molecule has 5 rings (SSSR count). The van der Waals surface area contributed by atoms with Gasteiger partial charge in [0, 0.05) is 24.5 Å². The van der Waals surface area contributed by atoms with Crippen LogP contribution in [0.1, 0.15) is 97.6 Å².